The van der Waals surface area contributed by atoms with Crippen LogP contribution in [0.3, 0.4) is 0 Å². The maximum absolute atomic E-state index is 12.7. The first-order valence-electron chi connectivity index (χ1n) is 7.25. The molecule has 0 saturated heterocycles. The molecule has 2 atom stereocenters. The molecule has 1 aromatic rings. The first kappa shape index (κ1) is 13.2. The highest BCUT2D eigenvalue weighted by atomic mass is 16.4. The van der Waals surface area contributed by atoms with Gasteiger partial charge < -0.3 is 10.0 Å². The fourth-order valence-corrected chi connectivity index (χ4v) is 3.45. The summed E-state index contributed by atoms with van der Waals surface area (Å²) in [7, 11) is 0. The zero-order valence-electron chi connectivity index (χ0n) is 11.6. The molecule has 0 bridgehead atoms. The molecule has 1 amide bonds. The topological polar surface area (TPSA) is 57.6 Å². The number of rotatable bonds is 2. The largest absolute Gasteiger partial charge is 0.478 e. The Balaban J connectivity index is 1.90. The Morgan fingerprint density at radius 1 is 1.30 bits per heavy atom. The molecule has 2 aliphatic rings. The molecule has 1 aromatic carbocycles. The van der Waals surface area contributed by atoms with E-state index in [1.165, 1.54) is 0 Å². The van der Waals surface area contributed by atoms with Crippen molar-refractivity contribution in [3.63, 3.8) is 0 Å². The molecule has 106 valence electrons. The number of nitrogens with zero attached hydrogens (tertiary/aromatic N) is 1. The Kier molecular flexibility index (Phi) is 3.24. The predicted octanol–water partition coefficient (Wildman–Crippen LogP) is 2.71. The normalized spacial score (nSPS) is 24.8. The van der Waals surface area contributed by atoms with Crippen LogP contribution in [-0.2, 0) is 11.2 Å². The quantitative estimate of drug-likeness (QED) is 0.901. The fraction of sp³-hybridized carbons (Fsp3) is 0.500. The van der Waals surface area contributed by atoms with Crippen molar-refractivity contribution in [3.05, 3.63) is 29.3 Å². The van der Waals surface area contributed by atoms with Gasteiger partial charge in [-0.2, -0.15) is 0 Å². The highest BCUT2D eigenvalue weighted by Gasteiger charge is 2.35. The number of carbonyl (C=O) groups is 2. The summed E-state index contributed by atoms with van der Waals surface area (Å²) in [4.78, 5) is 25.6. The van der Waals surface area contributed by atoms with Gasteiger partial charge >= 0.3 is 5.97 Å². The average molecular weight is 273 g/mol. The number of fused-ring (bicyclic) bond motifs is 1. The van der Waals surface area contributed by atoms with Crippen LogP contribution in [-0.4, -0.2) is 23.5 Å². The average Bonchev–Trinajstić information content (AvgIpc) is 3.03. The molecule has 1 aliphatic carbocycles. The number of carboxylic acids is 1. The Hall–Kier alpha value is -1.84. The second-order valence-corrected chi connectivity index (χ2v) is 5.90. The number of carboxylic acid groups (broad SMARTS) is 1. The van der Waals surface area contributed by atoms with Gasteiger partial charge in [0.25, 0.3) is 0 Å². The van der Waals surface area contributed by atoms with Crippen molar-refractivity contribution >= 4 is 17.6 Å². The Bertz CT molecular complexity index is 567. The molecule has 20 heavy (non-hydrogen) atoms. The monoisotopic (exact) mass is 273 g/mol. The number of amides is 1. The SMILES string of the molecule is CC1CCCC1C(=O)N1CCc2ccc(C(=O)O)cc21. The van der Waals surface area contributed by atoms with Crippen molar-refractivity contribution in [1.82, 2.24) is 0 Å². The van der Waals surface area contributed by atoms with Crippen molar-refractivity contribution < 1.29 is 14.7 Å². The minimum atomic E-state index is -0.943. The third-order valence-electron chi connectivity index (χ3n) is 4.67. The van der Waals surface area contributed by atoms with Crippen molar-refractivity contribution in [1.29, 1.82) is 0 Å². The molecule has 1 heterocycles. The molecule has 2 unspecified atom stereocenters. The van der Waals surface area contributed by atoms with E-state index in [4.69, 9.17) is 5.11 Å². The van der Waals surface area contributed by atoms with Gasteiger partial charge in [0.1, 0.15) is 0 Å². The van der Waals surface area contributed by atoms with E-state index in [9.17, 15) is 9.59 Å². The zero-order valence-corrected chi connectivity index (χ0v) is 11.6. The summed E-state index contributed by atoms with van der Waals surface area (Å²) in [5, 5.41) is 9.09. The van der Waals surface area contributed by atoms with Gasteiger partial charge in [-0.05, 0) is 42.9 Å². The van der Waals surface area contributed by atoms with Gasteiger partial charge in [0.05, 0.1) is 5.56 Å². The minimum absolute atomic E-state index is 0.106. The summed E-state index contributed by atoms with van der Waals surface area (Å²) in [6, 6.07) is 5.10. The van der Waals surface area contributed by atoms with Gasteiger partial charge in [0.2, 0.25) is 5.91 Å². The van der Waals surface area contributed by atoms with Crippen LogP contribution in [0.1, 0.15) is 42.1 Å². The molecule has 1 aliphatic heterocycles. The number of aromatic carboxylic acids is 1. The van der Waals surface area contributed by atoms with Gasteiger partial charge in [-0.25, -0.2) is 4.79 Å². The molecule has 1 fully saturated rings. The Labute approximate surface area is 118 Å². The van der Waals surface area contributed by atoms with Gasteiger partial charge in [-0.3, -0.25) is 4.79 Å². The van der Waals surface area contributed by atoms with Gasteiger partial charge in [-0.1, -0.05) is 19.4 Å². The molecule has 1 N–H and O–H groups in total. The van der Waals surface area contributed by atoms with Crippen LogP contribution in [0.15, 0.2) is 18.2 Å². The highest BCUT2D eigenvalue weighted by molar-refractivity contribution is 5.99. The van der Waals surface area contributed by atoms with Crippen LogP contribution in [0.25, 0.3) is 0 Å². The van der Waals surface area contributed by atoms with E-state index >= 15 is 0 Å². The van der Waals surface area contributed by atoms with Crippen LogP contribution < -0.4 is 4.90 Å². The maximum Gasteiger partial charge on any atom is 0.335 e. The molecule has 0 aromatic heterocycles. The highest BCUT2D eigenvalue weighted by Crippen LogP contribution is 2.36. The summed E-state index contributed by atoms with van der Waals surface area (Å²) < 4.78 is 0. The van der Waals surface area contributed by atoms with Gasteiger partial charge in [0.15, 0.2) is 0 Å². The lowest BCUT2D eigenvalue weighted by molar-refractivity contribution is -0.123. The lowest BCUT2D eigenvalue weighted by Crippen LogP contribution is -2.36. The van der Waals surface area contributed by atoms with E-state index in [2.05, 4.69) is 6.92 Å². The second-order valence-electron chi connectivity index (χ2n) is 5.90. The number of hydrogen-bond acceptors (Lipinski definition) is 2. The van der Waals surface area contributed by atoms with Crippen molar-refractivity contribution in [2.24, 2.45) is 11.8 Å². The molecule has 1 saturated carbocycles. The first-order chi connectivity index (χ1) is 9.58. The molecule has 0 spiro atoms. The second kappa shape index (κ2) is 4.93. The van der Waals surface area contributed by atoms with E-state index in [-0.39, 0.29) is 17.4 Å². The van der Waals surface area contributed by atoms with Crippen LogP contribution >= 0.6 is 0 Å². The lowest BCUT2D eigenvalue weighted by atomic mass is 9.96. The maximum atomic E-state index is 12.7. The predicted molar refractivity (Wildman–Crippen MR) is 76.0 cm³/mol. The number of carbonyl (C=O) groups excluding carboxylic acids is 1. The molecular weight excluding hydrogens is 254 g/mol. The molecule has 3 rings (SSSR count). The Morgan fingerprint density at radius 2 is 2.10 bits per heavy atom. The number of hydrogen-bond donors (Lipinski definition) is 1. The standard InChI is InChI=1S/C16H19NO3/c1-10-3-2-4-13(10)15(18)17-8-7-11-5-6-12(16(19)20)9-14(11)17/h5-6,9-10,13H,2-4,7-8H2,1H3,(H,19,20). The molecular formula is C16H19NO3. The van der Waals surface area contributed by atoms with Crippen molar-refractivity contribution in [2.75, 3.05) is 11.4 Å². The summed E-state index contributed by atoms with van der Waals surface area (Å²) in [5.74, 6) is -0.221. The summed E-state index contributed by atoms with van der Waals surface area (Å²) >= 11 is 0. The molecule has 4 nitrogen and oxygen atoms in total. The van der Waals surface area contributed by atoms with Gasteiger partial charge in [-0.15, -0.1) is 0 Å². The number of benzene rings is 1. The minimum Gasteiger partial charge on any atom is -0.478 e. The van der Waals surface area contributed by atoms with Crippen LogP contribution in [0.2, 0.25) is 0 Å². The van der Waals surface area contributed by atoms with Crippen LogP contribution in [0.4, 0.5) is 5.69 Å². The third kappa shape index (κ3) is 2.09. The fourth-order valence-electron chi connectivity index (χ4n) is 3.45. The van der Waals surface area contributed by atoms with Gasteiger partial charge in [0, 0.05) is 18.2 Å². The lowest BCUT2D eigenvalue weighted by Gasteiger charge is -2.24. The summed E-state index contributed by atoms with van der Waals surface area (Å²) in [6.07, 6.45) is 4.02. The van der Waals surface area contributed by atoms with E-state index < -0.39 is 5.97 Å². The van der Waals surface area contributed by atoms with Crippen LogP contribution in [0, 0.1) is 11.8 Å². The Morgan fingerprint density at radius 3 is 2.75 bits per heavy atom. The molecule has 0 radical (unpaired) electrons. The van der Waals surface area contributed by atoms with E-state index in [0.717, 1.165) is 36.9 Å². The van der Waals surface area contributed by atoms with Crippen molar-refractivity contribution in [2.45, 2.75) is 32.6 Å². The van der Waals surface area contributed by atoms with Crippen molar-refractivity contribution in [3.8, 4) is 0 Å². The van der Waals surface area contributed by atoms with E-state index in [0.29, 0.717) is 12.5 Å². The molecule has 4 heteroatoms. The number of anilines is 1. The van der Waals surface area contributed by atoms with E-state index in [1.54, 1.807) is 17.0 Å². The van der Waals surface area contributed by atoms with Crippen LogP contribution in [0.5, 0.6) is 0 Å². The summed E-state index contributed by atoms with van der Waals surface area (Å²) in [6.45, 7) is 2.82. The third-order valence-corrected chi connectivity index (χ3v) is 4.67. The zero-order chi connectivity index (χ0) is 14.3. The van der Waals surface area contributed by atoms with E-state index in [1.807, 2.05) is 6.07 Å². The summed E-state index contributed by atoms with van der Waals surface area (Å²) in [5.41, 5.74) is 2.13. The smallest absolute Gasteiger partial charge is 0.335 e. The first-order valence-corrected chi connectivity index (χ1v) is 7.25.